The molecule has 0 saturated heterocycles. The van der Waals surface area contributed by atoms with Gasteiger partial charge in [0.25, 0.3) is 5.91 Å². The van der Waals surface area contributed by atoms with Crippen molar-refractivity contribution >= 4 is 39.2 Å². The Morgan fingerprint density at radius 1 is 0.962 bits per heavy atom. The summed E-state index contributed by atoms with van der Waals surface area (Å²) in [7, 11) is 0. The molecule has 128 valence electrons. The van der Waals surface area contributed by atoms with Crippen molar-refractivity contribution in [3.05, 3.63) is 78.1 Å². The summed E-state index contributed by atoms with van der Waals surface area (Å²) in [5.74, 6) is -0.824. The van der Waals surface area contributed by atoms with Crippen LogP contribution < -0.4 is 11.1 Å². The van der Waals surface area contributed by atoms with E-state index in [0.717, 1.165) is 27.3 Å². The maximum atomic E-state index is 12.5. The molecule has 26 heavy (non-hydrogen) atoms. The Balaban J connectivity index is 1.67. The molecule has 2 amide bonds. The van der Waals surface area contributed by atoms with E-state index in [1.54, 1.807) is 30.5 Å². The lowest BCUT2D eigenvalue weighted by molar-refractivity contribution is -0.115. The second kappa shape index (κ2) is 6.37. The molecular formula is C21H16N2O3. The van der Waals surface area contributed by atoms with Crippen LogP contribution in [0.25, 0.3) is 21.7 Å². The number of primary amides is 1. The van der Waals surface area contributed by atoms with Crippen molar-refractivity contribution in [1.29, 1.82) is 0 Å². The van der Waals surface area contributed by atoms with Crippen LogP contribution in [0.1, 0.15) is 15.9 Å². The fourth-order valence-corrected chi connectivity index (χ4v) is 3.18. The van der Waals surface area contributed by atoms with Crippen molar-refractivity contribution in [2.75, 3.05) is 5.32 Å². The number of rotatable bonds is 4. The van der Waals surface area contributed by atoms with Crippen molar-refractivity contribution in [3.8, 4) is 0 Å². The minimum atomic E-state index is -0.583. The zero-order valence-electron chi connectivity index (χ0n) is 13.9. The molecule has 1 heterocycles. The van der Waals surface area contributed by atoms with E-state index in [1.165, 1.54) is 0 Å². The van der Waals surface area contributed by atoms with Gasteiger partial charge in [-0.3, -0.25) is 9.59 Å². The second-order valence-corrected chi connectivity index (χ2v) is 6.06. The zero-order chi connectivity index (χ0) is 18.1. The molecule has 0 bridgehead atoms. The number of hydrogen-bond donors (Lipinski definition) is 2. The highest BCUT2D eigenvalue weighted by atomic mass is 16.3. The van der Waals surface area contributed by atoms with E-state index in [4.69, 9.17) is 10.2 Å². The molecule has 0 aliphatic rings. The van der Waals surface area contributed by atoms with Crippen LogP contribution >= 0.6 is 0 Å². The molecule has 0 fully saturated rings. The molecular weight excluding hydrogens is 328 g/mol. The fourth-order valence-electron chi connectivity index (χ4n) is 3.18. The van der Waals surface area contributed by atoms with Crippen LogP contribution in [0.5, 0.6) is 0 Å². The number of benzene rings is 3. The highest BCUT2D eigenvalue weighted by Gasteiger charge is 2.15. The van der Waals surface area contributed by atoms with Gasteiger partial charge in [0.05, 0.1) is 23.9 Å². The average molecular weight is 344 g/mol. The standard InChI is InChI=1S/C21H16N2O3/c22-21(25)16-7-3-4-8-17(16)23-19(24)11-14-12-26-18-10-9-13-5-1-2-6-15(13)20(14)18/h1-10,12H,11H2,(H2,22,25)(H,23,24). The first-order valence-electron chi connectivity index (χ1n) is 8.20. The number of nitrogens with one attached hydrogen (secondary N) is 1. The van der Waals surface area contributed by atoms with Crippen LogP contribution in [0.3, 0.4) is 0 Å². The number of nitrogens with two attached hydrogens (primary N) is 1. The topological polar surface area (TPSA) is 85.3 Å². The van der Waals surface area contributed by atoms with E-state index < -0.39 is 5.91 Å². The van der Waals surface area contributed by atoms with Gasteiger partial charge in [-0.2, -0.15) is 0 Å². The SMILES string of the molecule is NC(=O)c1ccccc1NC(=O)Cc1coc2ccc3ccccc3c12. The molecule has 0 aliphatic carbocycles. The zero-order valence-corrected chi connectivity index (χ0v) is 13.9. The Bertz CT molecular complexity index is 1140. The summed E-state index contributed by atoms with van der Waals surface area (Å²) in [5, 5.41) is 5.82. The highest BCUT2D eigenvalue weighted by Crippen LogP contribution is 2.30. The predicted molar refractivity (Wildman–Crippen MR) is 101 cm³/mol. The summed E-state index contributed by atoms with van der Waals surface area (Å²) in [4.78, 5) is 24.0. The van der Waals surface area contributed by atoms with E-state index in [2.05, 4.69) is 5.32 Å². The number of furan rings is 1. The van der Waals surface area contributed by atoms with Gasteiger partial charge in [0.2, 0.25) is 5.91 Å². The van der Waals surface area contributed by atoms with E-state index in [-0.39, 0.29) is 17.9 Å². The van der Waals surface area contributed by atoms with Crippen LogP contribution in [0, 0.1) is 0 Å². The summed E-state index contributed by atoms with van der Waals surface area (Å²) >= 11 is 0. The van der Waals surface area contributed by atoms with Gasteiger partial charge in [0.1, 0.15) is 5.58 Å². The van der Waals surface area contributed by atoms with Crippen LogP contribution in [-0.4, -0.2) is 11.8 Å². The van der Waals surface area contributed by atoms with E-state index in [1.807, 2.05) is 36.4 Å². The molecule has 4 rings (SSSR count). The van der Waals surface area contributed by atoms with Crippen molar-refractivity contribution in [2.45, 2.75) is 6.42 Å². The van der Waals surface area contributed by atoms with E-state index in [9.17, 15) is 9.59 Å². The number of amides is 2. The van der Waals surface area contributed by atoms with Crippen LogP contribution in [-0.2, 0) is 11.2 Å². The van der Waals surface area contributed by atoms with Crippen LogP contribution in [0.4, 0.5) is 5.69 Å². The second-order valence-electron chi connectivity index (χ2n) is 6.06. The fraction of sp³-hybridized carbons (Fsp3) is 0.0476. The number of carbonyl (C=O) groups is 2. The van der Waals surface area contributed by atoms with Crippen molar-refractivity contribution in [1.82, 2.24) is 0 Å². The third-order valence-electron chi connectivity index (χ3n) is 4.36. The Morgan fingerprint density at radius 3 is 2.58 bits per heavy atom. The largest absolute Gasteiger partial charge is 0.464 e. The number of carbonyl (C=O) groups excluding carboxylic acids is 2. The number of para-hydroxylation sites is 1. The Kier molecular flexibility index (Phi) is 3.89. The van der Waals surface area contributed by atoms with Gasteiger partial charge >= 0.3 is 0 Å². The third kappa shape index (κ3) is 2.80. The number of fused-ring (bicyclic) bond motifs is 3. The summed E-state index contributed by atoms with van der Waals surface area (Å²) in [6.45, 7) is 0. The summed E-state index contributed by atoms with van der Waals surface area (Å²) in [6.07, 6.45) is 1.74. The molecule has 0 atom stereocenters. The van der Waals surface area contributed by atoms with E-state index >= 15 is 0 Å². The molecule has 0 aliphatic heterocycles. The van der Waals surface area contributed by atoms with Gasteiger partial charge in [-0.15, -0.1) is 0 Å². The molecule has 0 unspecified atom stereocenters. The maximum Gasteiger partial charge on any atom is 0.250 e. The lowest BCUT2D eigenvalue weighted by atomic mass is 10.0. The van der Waals surface area contributed by atoms with Crippen LogP contribution in [0.15, 0.2) is 71.3 Å². The van der Waals surface area contributed by atoms with Gasteiger partial charge in [0, 0.05) is 10.9 Å². The van der Waals surface area contributed by atoms with Gasteiger partial charge < -0.3 is 15.5 Å². The van der Waals surface area contributed by atoms with E-state index in [0.29, 0.717) is 5.69 Å². The minimum Gasteiger partial charge on any atom is -0.464 e. The maximum absolute atomic E-state index is 12.5. The Labute approximate surface area is 149 Å². The van der Waals surface area contributed by atoms with Gasteiger partial charge in [-0.25, -0.2) is 0 Å². The highest BCUT2D eigenvalue weighted by molar-refractivity contribution is 6.09. The molecule has 1 aromatic heterocycles. The molecule has 4 aromatic rings. The monoisotopic (exact) mass is 344 g/mol. The number of hydrogen-bond acceptors (Lipinski definition) is 3. The first-order chi connectivity index (χ1) is 12.6. The number of anilines is 1. The average Bonchev–Trinajstić information content (AvgIpc) is 3.05. The molecule has 5 nitrogen and oxygen atoms in total. The molecule has 3 N–H and O–H groups in total. The first-order valence-corrected chi connectivity index (χ1v) is 8.20. The van der Waals surface area contributed by atoms with Gasteiger partial charge in [-0.1, -0.05) is 42.5 Å². The normalized spacial score (nSPS) is 10.9. The molecule has 5 heteroatoms. The minimum absolute atomic E-state index is 0.133. The van der Waals surface area contributed by atoms with Crippen molar-refractivity contribution in [2.24, 2.45) is 5.73 Å². The Hall–Kier alpha value is -3.60. The molecule has 0 saturated carbocycles. The van der Waals surface area contributed by atoms with Crippen molar-refractivity contribution in [3.63, 3.8) is 0 Å². The molecule has 0 spiro atoms. The lowest BCUT2D eigenvalue weighted by Crippen LogP contribution is -2.19. The summed E-state index contributed by atoms with van der Waals surface area (Å²) < 4.78 is 5.62. The van der Waals surface area contributed by atoms with Crippen molar-refractivity contribution < 1.29 is 14.0 Å². The first kappa shape index (κ1) is 15.9. The Morgan fingerprint density at radius 2 is 1.73 bits per heavy atom. The smallest absolute Gasteiger partial charge is 0.250 e. The molecule has 0 radical (unpaired) electrons. The lowest BCUT2D eigenvalue weighted by Gasteiger charge is -2.08. The summed E-state index contributed by atoms with van der Waals surface area (Å²) in [5.41, 5.74) is 7.58. The predicted octanol–water partition coefficient (Wildman–Crippen LogP) is 3.87. The van der Waals surface area contributed by atoms with Gasteiger partial charge in [-0.05, 0) is 29.0 Å². The third-order valence-corrected chi connectivity index (χ3v) is 4.36. The summed E-state index contributed by atoms with van der Waals surface area (Å²) in [6, 6.07) is 18.5. The molecule has 3 aromatic carbocycles. The van der Waals surface area contributed by atoms with Gasteiger partial charge in [0.15, 0.2) is 0 Å². The van der Waals surface area contributed by atoms with Crippen LogP contribution in [0.2, 0.25) is 0 Å². The quantitative estimate of drug-likeness (QED) is 0.589.